The molecule has 0 aliphatic rings. The molecular weight excluding hydrogens is 429 g/mol. The Labute approximate surface area is 188 Å². The van der Waals surface area contributed by atoms with Gasteiger partial charge in [-0.1, -0.05) is 42.1 Å². The van der Waals surface area contributed by atoms with Crippen molar-refractivity contribution in [3.8, 4) is 0 Å². The Bertz CT molecular complexity index is 1270. The molecule has 0 fully saturated rings. The summed E-state index contributed by atoms with van der Waals surface area (Å²) in [5.41, 5.74) is 1.23. The van der Waals surface area contributed by atoms with Crippen LogP contribution in [0.15, 0.2) is 71.9 Å². The lowest BCUT2D eigenvalue weighted by molar-refractivity contribution is -0.116. The zero-order valence-electron chi connectivity index (χ0n) is 17.2. The molecule has 0 spiro atoms. The minimum atomic E-state index is -0.373. The highest BCUT2D eigenvalue weighted by Gasteiger charge is 2.15. The number of nitrogens with one attached hydrogen (secondary N) is 2. The zero-order valence-corrected chi connectivity index (χ0v) is 18.0. The Morgan fingerprint density at radius 2 is 1.59 bits per heavy atom. The maximum Gasteiger partial charge on any atom is 0.234 e. The first-order valence-corrected chi connectivity index (χ1v) is 10.8. The number of anilines is 2. The average molecular weight is 450 g/mol. The third kappa shape index (κ3) is 5.30. The molecule has 0 saturated carbocycles. The smallest absolute Gasteiger partial charge is 0.234 e. The number of thioether (sulfide) groups is 1. The third-order valence-electron chi connectivity index (χ3n) is 4.74. The number of nitrogens with zero attached hydrogens (tertiary/aromatic N) is 3. The molecule has 0 saturated heterocycles. The lowest BCUT2D eigenvalue weighted by atomic mass is 10.1. The van der Waals surface area contributed by atoms with E-state index in [1.54, 1.807) is 11.6 Å². The second-order valence-corrected chi connectivity index (χ2v) is 8.03. The van der Waals surface area contributed by atoms with Crippen LogP contribution in [0.2, 0.25) is 0 Å². The molecule has 4 rings (SSSR count). The summed E-state index contributed by atoms with van der Waals surface area (Å²) in [7, 11) is 1.74. The molecule has 162 valence electrons. The van der Waals surface area contributed by atoms with Gasteiger partial charge >= 0.3 is 0 Å². The van der Waals surface area contributed by atoms with Gasteiger partial charge in [0, 0.05) is 18.4 Å². The number of rotatable bonds is 7. The van der Waals surface area contributed by atoms with Crippen LogP contribution >= 0.6 is 11.8 Å². The SMILES string of the molecule is Cn1c(CC(=O)Nc2ccc(F)cc2)nnc1SCC(=O)Nc1ccc2ccccc2c1. The van der Waals surface area contributed by atoms with Crippen molar-refractivity contribution in [2.24, 2.45) is 7.05 Å². The molecule has 1 aromatic heterocycles. The van der Waals surface area contributed by atoms with Crippen molar-refractivity contribution in [2.75, 3.05) is 16.4 Å². The Balaban J connectivity index is 1.31. The maximum atomic E-state index is 13.0. The first kappa shape index (κ1) is 21.5. The first-order valence-electron chi connectivity index (χ1n) is 9.83. The van der Waals surface area contributed by atoms with Crippen molar-refractivity contribution >= 4 is 45.7 Å². The Kier molecular flexibility index (Phi) is 6.46. The predicted octanol–water partition coefficient (Wildman–Crippen LogP) is 4.02. The van der Waals surface area contributed by atoms with Gasteiger partial charge in [-0.3, -0.25) is 9.59 Å². The van der Waals surface area contributed by atoms with Gasteiger partial charge < -0.3 is 15.2 Å². The van der Waals surface area contributed by atoms with Crippen LogP contribution in [-0.4, -0.2) is 32.3 Å². The van der Waals surface area contributed by atoms with Gasteiger partial charge in [0.25, 0.3) is 0 Å². The van der Waals surface area contributed by atoms with Crippen LogP contribution in [0.25, 0.3) is 10.8 Å². The number of aromatic nitrogens is 3. The third-order valence-corrected chi connectivity index (χ3v) is 5.76. The highest BCUT2D eigenvalue weighted by Crippen LogP contribution is 2.20. The summed E-state index contributed by atoms with van der Waals surface area (Å²) in [4.78, 5) is 24.6. The minimum Gasteiger partial charge on any atom is -0.326 e. The van der Waals surface area contributed by atoms with Crippen LogP contribution in [0.3, 0.4) is 0 Å². The van der Waals surface area contributed by atoms with E-state index in [0.717, 1.165) is 16.5 Å². The molecule has 0 aliphatic carbocycles. The van der Waals surface area contributed by atoms with Gasteiger partial charge in [0.15, 0.2) is 5.16 Å². The average Bonchev–Trinajstić information content (AvgIpc) is 3.13. The summed E-state index contributed by atoms with van der Waals surface area (Å²) >= 11 is 1.24. The summed E-state index contributed by atoms with van der Waals surface area (Å²) in [6.45, 7) is 0. The summed E-state index contributed by atoms with van der Waals surface area (Å²) in [5, 5.41) is 16.4. The molecule has 7 nitrogen and oxygen atoms in total. The molecule has 2 amide bonds. The molecule has 9 heteroatoms. The molecule has 0 unspecified atom stereocenters. The van der Waals surface area contributed by atoms with E-state index in [2.05, 4.69) is 20.8 Å². The summed E-state index contributed by atoms with van der Waals surface area (Å²) in [6.07, 6.45) is 0.00468. The van der Waals surface area contributed by atoms with Gasteiger partial charge in [0.2, 0.25) is 11.8 Å². The first-order chi connectivity index (χ1) is 15.5. The van der Waals surface area contributed by atoms with Crippen molar-refractivity contribution in [3.63, 3.8) is 0 Å². The molecule has 4 aromatic rings. The van der Waals surface area contributed by atoms with Crippen molar-refractivity contribution in [1.82, 2.24) is 14.8 Å². The topological polar surface area (TPSA) is 88.9 Å². The zero-order chi connectivity index (χ0) is 22.5. The van der Waals surface area contributed by atoms with Gasteiger partial charge in [-0.05, 0) is 47.2 Å². The molecule has 0 radical (unpaired) electrons. The van der Waals surface area contributed by atoms with Crippen LogP contribution in [0.1, 0.15) is 5.82 Å². The second-order valence-electron chi connectivity index (χ2n) is 7.09. The van der Waals surface area contributed by atoms with Crippen molar-refractivity contribution < 1.29 is 14.0 Å². The Morgan fingerprint density at radius 3 is 2.38 bits per heavy atom. The maximum absolute atomic E-state index is 13.0. The second kappa shape index (κ2) is 9.61. The number of halogens is 1. The minimum absolute atomic E-state index is 0.00468. The molecule has 32 heavy (non-hydrogen) atoms. The van der Waals surface area contributed by atoms with Gasteiger partial charge in [-0.15, -0.1) is 10.2 Å². The lowest BCUT2D eigenvalue weighted by Crippen LogP contribution is -2.17. The van der Waals surface area contributed by atoms with Crippen molar-refractivity contribution in [2.45, 2.75) is 11.6 Å². The fourth-order valence-electron chi connectivity index (χ4n) is 3.10. The summed E-state index contributed by atoms with van der Waals surface area (Å²) < 4.78 is 14.7. The largest absolute Gasteiger partial charge is 0.326 e. The molecule has 1 heterocycles. The van der Waals surface area contributed by atoms with Gasteiger partial charge in [-0.25, -0.2) is 4.39 Å². The van der Waals surface area contributed by atoms with E-state index in [0.29, 0.717) is 16.7 Å². The number of amides is 2. The van der Waals surface area contributed by atoms with E-state index in [4.69, 9.17) is 0 Å². The van der Waals surface area contributed by atoms with Crippen molar-refractivity contribution in [1.29, 1.82) is 0 Å². The Morgan fingerprint density at radius 1 is 0.906 bits per heavy atom. The van der Waals surface area contributed by atoms with E-state index in [9.17, 15) is 14.0 Å². The molecule has 0 atom stereocenters. The normalized spacial score (nSPS) is 10.8. The molecule has 3 aromatic carbocycles. The van der Waals surface area contributed by atoms with E-state index in [-0.39, 0.29) is 29.8 Å². The van der Waals surface area contributed by atoms with Gasteiger partial charge in [0.05, 0.1) is 12.2 Å². The van der Waals surface area contributed by atoms with E-state index in [1.165, 1.54) is 36.0 Å². The highest BCUT2D eigenvalue weighted by molar-refractivity contribution is 7.99. The number of benzene rings is 3. The van der Waals surface area contributed by atoms with Crippen LogP contribution < -0.4 is 10.6 Å². The molecular formula is C23H20FN5O2S. The highest BCUT2D eigenvalue weighted by atomic mass is 32.2. The standard InChI is InChI=1S/C23H20FN5O2S/c1-29-20(13-21(30)25-18-10-7-17(24)8-11-18)27-28-23(29)32-14-22(31)26-19-9-6-15-4-2-3-5-16(15)12-19/h2-12H,13-14H2,1H3,(H,25,30)(H,26,31). The monoisotopic (exact) mass is 449 g/mol. The lowest BCUT2D eigenvalue weighted by Gasteiger charge is -2.07. The number of carbonyl (C=O) groups excluding carboxylic acids is 2. The molecule has 2 N–H and O–H groups in total. The molecule has 0 aliphatic heterocycles. The number of fused-ring (bicyclic) bond motifs is 1. The summed E-state index contributed by atoms with van der Waals surface area (Å²) in [5.74, 6) is -0.216. The number of hydrogen-bond acceptors (Lipinski definition) is 5. The van der Waals surface area contributed by atoms with Crippen molar-refractivity contribution in [3.05, 3.63) is 78.4 Å². The van der Waals surface area contributed by atoms with Crippen LogP contribution in [0, 0.1) is 5.82 Å². The van der Waals surface area contributed by atoms with Crippen LogP contribution in [-0.2, 0) is 23.1 Å². The fourth-order valence-corrected chi connectivity index (χ4v) is 3.83. The van der Waals surface area contributed by atoms with Crippen LogP contribution in [0.5, 0.6) is 0 Å². The number of carbonyl (C=O) groups is 2. The summed E-state index contributed by atoms with van der Waals surface area (Å²) in [6, 6.07) is 19.2. The van der Waals surface area contributed by atoms with E-state index < -0.39 is 0 Å². The quantitative estimate of drug-likeness (QED) is 0.416. The molecule has 0 bridgehead atoms. The fraction of sp³-hybridized carbons (Fsp3) is 0.130. The van der Waals surface area contributed by atoms with Gasteiger partial charge in [-0.2, -0.15) is 0 Å². The van der Waals surface area contributed by atoms with E-state index in [1.807, 2.05) is 42.5 Å². The Hall–Kier alpha value is -3.72. The number of hydrogen-bond donors (Lipinski definition) is 2. The van der Waals surface area contributed by atoms with Crippen LogP contribution in [0.4, 0.5) is 15.8 Å². The van der Waals surface area contributed by atoms with E-state index >= 15 is 0 Å². The van der Waals surface area contributed by atoms with Gasteiger partial charge in [0.1, 0.15) is 11.6 Å². The predicted molar refractivity (Wildman–Crippen MR) is 123 cm³/mol.